The lowest BCUT2D eigenvalue weighted by molar-refractivity contribution is 0.103. The lowest BCUT2D eigenvalue weighted by Gasteiger charge is -2.20. The topological polar surface area (TPSA) is 38.7 Å². The maximum absolute atomic E-state index is 10.2. The van der Waals surface area contributed by atoms with Crippen LogP contribution in [0, 0.1) is 5.92 Å². The highest BCUT2D eigenvalue weighted by Gasteiger charge is 2.21. The average Bonchev–Trinajstić information content (AvgIpc) is 2.77. The van der Waals surface area contributed by atoms with Gasteiger partial charge in [0, 0.05) is 0 Å². The van der Waals surface area contributed by atoms with Crippen LogP contribution in [-0.4, -0.2) is 11.9 Å². The van der Waals surface area contributed by atoms with Crippen LogP contribution in [0.5, 0.6) is 11.5 Å². The molecule has 1 unspecified atom stereocenters. The van der Waals surface area contributed by atoms with Crippen LogP contribution in [-0.2, 0) is 0 Å². The third-order valence-corrected chi connectivity index (χ3v) is 3.23. The van der Waals surface area contributed by atoms with Crippen molar-refractivity contribution in [2.75, 3.05) is 6.79 Å². The van der Waals surface area contributed by atoms with Gasteiger partial charge < -0.3 is 14.6 Å². The van der Waals surface area contributed by atoms with E-state index in [0.717, 1.165) is 29.9 Å². The number of hydrogen-bond acceptors (Lipinski definition) is 3. The summed E-state index contributed by atoms with van der Waals surface area (Å²) in [4.78, 5) is 0. The van der Waals surface area contributed by atoms with Gasteiger partial charge in [-0.2, -0.15) is 0 Å². The fraction of sp³-hybridized carbons (Fsp3) is 0.538. The third-order valence-electron chi connectivity index (χ3n) is 3.23. The third kappa shape index (κ3) is 2.00. The lowest BCUT2D eigenvalue weighted by atomic mass is 9.91. The van der Waals surface area contributed by atoms with Gasteiger partial charge >= 0.3 is 0 Å². The quantitative estimate of drug-likeness (QED) is 0.851. The van der Waals surface area contributed by atoms with Crippen molar-refractivity contribution in [2.45, 2.75) is 32.8 Å². The SMILES string of the molecule is CCC(CC)C(O)c1ccc2c(c1)OCO2. The van der Waals surface area contributed by atoms with E-state index < -0.39 is 6.10 Å². The minimum absolute atomic E-state index is 0.278. The molecule has 0 spiro atoms. The van der Waals surface area contributed by atoms with Crippen LogP contribution in [0.2, 0.25) is 0 Å². The summed E-state index contributed by atoms with van der Waals surface area (Å²) in [6.07, 6.45) is 1.54. The minimum atomic E-state index is -0.413. The molecule has 0 amide bonds. The van der Waals surface area contributed by atoms with E-state index >= 15 is 0 Å². The molecule has 1 aliphatic heterocycles. The summed E-state index contributed by atoms with van der Waals surface area (Å²) in [6, 6.07) is 5.66. The number of rotatable bonds is 4. The Hall–Kier alpha value is -1.22. The van der Waals surface area contributed by atoms with E-state index in [1.807, 2.05) is 18.2 Å². The molecule has 3 heteroatoms. The molecule has 0 aromatic heterocycles. The molecule has 0 saturated heterocycles. The van der Waals surface area contributed by atoms with Crippen LogP contribution < -0.4 is 9.47 Å². The van der Waals surface area contributed by atoms with Crippen LogP contribution in [0.4, 0.5) is 0 Å². The van der Waals surface area contributed by atoms with Gasteiger partial charge in [0.05, 0.1) is 6.10 Å². The van der Waals surface area contributed by atoms with Crippen molar-refractivity contribution < 1.29 is 14.6 Å². The van der Waals surface area contributed by atoms with E-state index in [0.29, 0.717) is 5.92 Å². The molecule has 0 radical (unpaired) electrons. The molecule has 88 valence electrons. The fourth-order valence-electron chi connectivity index (χ4n) is 2.10. The zero-order chi connectivity index (χ0) is 11.5. The van der Waals surface area contributed by atoms with Crippen LogP contribution in [0.25, 0.3) is 0 Å². The summed E-state index contributed by atoms with van der Waals surface area (Å²) in [6.45, 7) is 4.48. The molecule has 1 aromatic carbocycles. The number of benzene rings is 1. The maximum Gasteiger partial charge on any atom is 0.231 e. The zero-order valence-electron chi connectivity index (χ0n) is 9.77. The monoisotopic (exact) mass is 222 g/mol. The van der Waals surface area contributed by atoms with Crippen molar-refractivity contribution in [3.63, 3.8) is 0 Å². The Morgan fingerprint density at radius 2 is 1.88 bits per heavy atom. The Kier molecular flexibility index (Phi) is 3.34. The van der Waals surface area contributed by atoms with Gasteiger partial charge in [-0.05, 0) is 23.6 Å². The number of aliphatic hydroxyl groups excluding tert-OH is 1. The van der Waals surface area contributed by atoms with E-state index in [1.54, 1.807) is 0 Å². The summed E-state index contributed by atoms with van der Waals surface area (Å²) in [5.74, 6) is 1.81. The predicted molar refractivity (Wildman–Crippen MR) is 61.6 cm³/mol. The Balaban J connectivity index is 2.20. The molecule has 1 atom stereocenters. The van der Waals surface area contributed by atoms with Crippen molar-refractivity contribution in [1.82, 2.24) is 0 Å². The van der Waals surface area contributed by atoms with E-state index in [2.05, 4.69) is 13.8 Å². The molecule has 16 heavy (non-hydrogen) atoms. The molecule has 0 saturated carbocycles. The van der Waals surface area contributed by atoms with Gasteiger partial charge in [0.2, 0.25) is 6.79 Å². The molecule has 1 heterocycles. The zero-order valence-corrected chi connectivity index (χ0v) is 9.77. The Morgan fingerprint density at radius 1 is 1.19 bits per heavy atom. The summed E-state index contributed by atoms with van der Waals surface area (Å²) < 4.78 is 10.5. The highest BCUT2D eigenvalue weighted by atomic mass is 16.7. The summed E-state index contributed by atoms with van der Waals surface area (Å²) in [5, 5.41) is 10.2. The largest absolute Gasteiger partial charge is 0.454 e. The number of aliphatic hydroxyl groups is 1. The van der Waals surface area contributed by atoms with E-state index in [-0.39, 0.29) is 6.79 Å². The van der Waals surface area contributed by atoms with Crippen molar-refractivity contribution in [1.29, 1.82) is 0 Å². The molecule has 3 nitrogen and oxygen atoms in total. The molecular weight excluding hydrogens is 204 g/mol. The normalized spacial score (nSPS) is 15.5. The van der Waals surface area contributed by atoms with Gasteiger partial charge in [0.15, 0.2) is 11.5 Å². The minimum Gasteiger partial charge on any atom is -0.454 e. The number of ether oxygens (including phenoxy) is 2. The maximum atomic E-state index is 10.2. The van der Waals surface area contributed by atoms with E-state index in [4.69, 9.17) is 9.47 Å². The smallest absolute Gasteiger partial charge is 0.231 e. The first-order valence-corrected chi connectivity index (χ1v) is 5.83. The van der Waals surface area contributed by atoms with Crippen molar-refractivity contribution >= 4 is 0 Å². The first-order chi connectivity index (χ1) is 7.76. The molecule has 2 rings (SSSR count). The Labute approximate surface area is 96.0 Å². The lowest BCUT2D eigenvalue weighted by Crippen LogP contribution is -2.10. The van der Waals surface area contributed by atoms with Gasteiger partial charge in [0.1, 0.15) is 0 Å². The van der Waals surface area contributed by atoms with Gasteiger partial charge in [-0.1, -0.05) is 32.8 Å². The van der Waals surface area contributed by atoms with Crippen LogP contribution in [0.3, 0.4) is 0 Å². The molecule has 1 aromatic rings. The van der Waals surface area contributed by atoms with Crippen LogP contribution >= 0.6 is 0 Å². The molecule has 1 N–H and O–H groups in total. The van der Waals surface area contributed by atoms with Crippen molar-refractivity contribution in [3.8, 4) is 11.5 Å². The fourth-order valence-corrected chi connectivity index (χ4v) is 2.10. The van der Waals surface area contributed by atoms with E-state index in [1.165, 1.54) is 0 Å². The predicted octanol–water partition coefficient (Wildman–Crippen LogP) is 2.88. The van der Waals surface area contributed by atoms with Gasteiger partial charge in [-0.15, -0.1) is 0 Å². The second-order valence-electron chi connectivity index (χ2n) is 4.13. The standard InChI is InChI=1S/C13H18O3/c1-3-9(4-2)13(14)10-5-6-11-12(7-10)16-8-15-11/h5-7,9,13-14H,3-4,8H2,1-2H3. The van der Waals surface area contributed by atoms with Crippen molar-refractivity contribution in [3.05, 3.63) is 23.8 Å². The van der Waals surface area contributed by atoms with Crippen LogP contribution in [0.1, 0.15) is 38.4 Å². The van der Waals surface area contributed by atoms with Crippen molar-refractivity contribution in [2.24, 2.45) is 5.92 Å². The van der Waals surface area contributed by atoms with Gasteiger partial charge in [-0.3, -0.25) is 0 Å². The summed E-state index contributed by atoms with van der Waals surface area (Å²) in [7, 11) is 0. The second kappa shape index (κ2) is 4.74. The Morgan fingerprint density at radius 3 is 2.56 bits per heavy atom. The highest BCUT2D eigenvalue weighted by molar-refractivity contribution is 5.45. The molecular formula is C13H18O3. The Bertz CT molecular complexity index is 358. The molecule has 0 aliphatic carbocycles. The second-order valence-corrected chi connectivity index (χ2v) is 4.13. The molecule has 0 fully saturated rings. The molecule has 0 bridgehead atoms. The first kappa shape index (κ1) is 11.3. The van der Waals surface area contributed by atoms with Gasteiger partial charge in [0.25, 0.3) is 0 Å². The van der Waals surface area contributed by atoms with E-state index in [9.17, 15) is 5.11 Å². The highest BCUT2D eigenvalue weighted by Crippen LogP contribution is 2.36. The first-order valence-electron chi connectivity index (χ1n) is 5.83. The summed E-state index contributed by atoms with van der Waals surface area (Å²) >= 11 is 0. The average molecular weight is 222 g/mol. The van der Waals surface area contributed by atoms with Crippen LogP contribution in [0.15, 0.2) is 18.2 Å². The summed E-state index contributed by atoms with van der Waals surface area (Å²) in [5.41, 5.74) is 0.915. The number of hydrogen-bond donors (Lipinski definition) is 1. The number of fused-ring (bicyclic) bond motifs is 1. The molecule has 1 aliphatic rings. The van der Waals surface area contributed by atoms with Gasteiger partial charge in [-0.25, -0.2) is 0 Å².